The van der Waals surface area contributed by atoms with E-state index in [2.05, 4.69) is 27.9 Å². The number of rotatable bonds is 3. The topological polar surface area (TPSA) is 92.5 Å². The van der Waals surface area contributed by atoms with Crippen LogP contribution in [0.1, 0.15) is 10.4 Å². The maximum Gasteiger partial charge on any atom is 0.282 e. The van der Waals surface area contributed by atoms with Crippen LogP contribution in [0.5, 0.6) is 5.75 Å². The third-order valence-electron chi connectivity index (χ3n) is 2.52. The number of phenolic OH excluding ortho intramolecular Hbond substituents is 1. The number of nitrogens with zero attached hydrogens (tertiary/aromatic N) is 1. The van der Waals surface area contributed by atoms with Crippen LogP contribution in [0.2, 0.25) is 0 Å². The third-order valence-corrected chi connectivity index (χ3v) is 3.24. The quantitative estimate of drug-likeness (QED) is 0.483. The summed E-state index contributed by atoms with van der Waals surface area (Å²) in [5.74, 6) is -0.850. The van der Waals surface area contributed by atoms with Gasteiger partial charge < -0.3 is 10.4 Å². The number of amides is 1. The number of nitrogens with one attached hydrogen (secondary N) is 1. The Kier molecular flexibility index (Phi) is 4.18. The zero-order valence-corrected chi connectivity index (χ0v) is 12.2. The Labute approximate surface area is 127 Å². The van der Waals surface area contributed by atoms with Gasteiger partial charge in [0.05, 0.1) is 4.92 Å². The van der Waals surface area contributed by atoms with Gasteiger partial charge in [-0.2, -0.15) is 0 Å². The van der Waals surface area contributed by atoms with E-state index in [0.717, 1.165) is 15.7 Å². The molecule has 6 nitrogen and oxygen atoms in total. The summed E-state index contributed by atoms with van der Waals surface area (Å²) in [6.07, 6.45) is 0. The number of carbonyl (C=O) groups excluding carboxylic acids is 1. The number of nitro groups is 1. The van der Waals surface area contributed by atoms with E-state index in [1.165, 1.54) is 6.07 Å². The summed E-state index contributed by atoms with van der Waals surface area (Å²) in [5, 5.41) is 22.8. The van der Waals surface area contributed by atoms with Crippen LogP contribution in [0.3, 0.4) is 0 Å². The van der Waals surface area contributed by atoms with Crippen LogP contribution in [0.15, 0.2) is 42.5 Å². The molecule has 0 heterocycles. The highest BCUT2D eigenvalue weighted by Crippen LogP contribution is 2.24. The average molecular weight is 384 g/mol. The Bertz CT molecular complexity index is 671. The predicted molar refractivity (Wildman–Crippen MR) is 81.9 cm³/mol. The van der Waals surface area contributed by atoms with Crippen LogP contribution in [-0.2, 0) is 0 Å². The van der Waals surface area contributed by atoms with E-state index in [4.69, 9.17) is 0 Å². The van der Waals surface area contributed by atoms with Gasteiger partial charge in [-0.25, -0.2) is 0 Å². The molecule has 20 heavy (non-hydrogen) atoms. The molecule has 102 valence electrons. The van der Waals surface area contributed by atoms with E-state index in [-0.39, 0.29) is 17.0 Å². The van der Waals surface area contributed by atoms with Crippen LogP contribution >= 0.6 is 22.6 Å². The lowest BCUT2D eigenvalue weighted by molar-refractivity contribution is -0.385. The number of hydrogen-bond acceptors (Lipinski definition) is 4. The van der Waals surface area contributed by atoms with Crippen molar-refractivity contribution in [2.24, 2.45) is 0 Å². The molecule has 0 radical (unpaired) electrons. The minimum atomic E-state index is -0.664. The largest absolute Gasteiger partial charge is 0.508 e. The van der Waals surface area contributed by atoms with Gasteiger partial charge in [-0.05, 0) is 59.0 Å². The molecular weight excluding hydrogens is 375 g/mol. The van der Waals surface area contributed by atoms with E-state index in [9.17, 15) is 20.0 Å². The minimum Gasteiger partial charge on any atom is -0.508 e. The molecule has 0 unspecified atom stereocenters. The van der Waals surface area contributed by atoms with Crippen molar-refractivity contribution in [1.29, 1.82) is 0 Å². The van der Waals surface area contributed by atoms with Crippen molar-refractivity contribution in [2.75, 3.05) is 5.32 Å². The summed E-state index contributed by atoms with van der Waals surface area (Å²) < 4.78 is 1.00. The smallest absolute Gasteiger partial charge is 0.282 e. The Balaban J connectivity index is 2.31. The number of aromatic hydroxyl groups is 1. The first-order valence-electron chi connectivity index (χ1n) is 5.51. The Morgan fingerprint density at radius 2 is 1.85 bits per heavy atom. The fourth-order valence-electron chi connectivity index (χ4n) is 1.60. The standard InChI is InChI=1S/C13H9IN2O4/c14-8-1-3-9(4-2-8)15-13(18)11-7-10(17)5-6-12(11)16(19)20/h1-7,17H,(H,15,18). The zero-order valence-electron chi connectivity index (χ0n) is 10.0. The Morgan fingerprint density at radius 1 is 1.20 bits per heavy atom. The maximum atomic E-state index is 12.0. The number of carbonyl (C=O) groups is 1. The molecule has 2 N–H and O–H groups in total. The number of anilines is 1. The molecule has 2 rings (SSSR count). The van der Waals surface area contributed by atoms with Gasteiger partial charge >= 0.3 is 0 Å². The van der Waals surface area contributed by atoms with E-state index in [1.54, 1.807) is 24.3 Å². The van der Waals surface area contributed by atoms with Crippen molar-refractivity contribution < 1.29 is 14.8 Å². The second-order valence-electron chi connectivity index (χ2n) is 3.92. The molecule has 0 bridgehead atoms. The number of hydrogen-bond donors (Lipinski definition) is 2. The lowest BCUT2D eigenvalue weighted by atomic mass is 10.1. The molecule has 0 aliphatic heterocycles. The van der Waals surface area contributed by atoms with E-state index in [0.29, 0.717) is 5.69 Å². The highest BCUT2D eigenvalue weighted by Gasteiger charge is 2.20. The van der Waals surface area contributed by atoms with Gasteiger partial charge in [-0.1, -0.05) is 0 Å². The second-order valence-corrected chi connectivity index (χ2v) is 5.17. The average Bonchev–Trinajstić information content (AvgIpc) is 2.41. The fourth-order valence-corrected chi connectivity index (χ4v) is 1.96. The number of nitro benzene ring substituents is 1. The molecule has 0 spiro atoms. The van der Waals surface area contributed by atoms with Crippen LogP contribution < -0.4 is 5.32 Å². The van der Waals surface area contributed by atoms with Gasteiger partial charge in [-0.15, -0.1) is 0 Å². The number of benzene rings is 2. The molecule has 2 aromatic rings. The summed E-state index contributed by atoms with van der Waals surface area (Å²) in [6, 6.07) is 10.3. The van der Waals surface area contributed by atoms with Gasteiger partial charge in [0.2, 0.25) is 0 Å². The van der Waals surface area contributed by atoms with Gasteiger partial charge in [0.1, 0.15) is 11.3 Å². The van der Waals surface area contributed by atoms with Crippen molar-refractivity contribution in [3.05, 3.63) is 61.7 Å². The summed E-state index contributed by atoms with van der Waals surface area (Å²) in [4.78, 5) is 22.3. The van der Waals surface area contributed by atoms with Crippen molar-refractivity contribution >= 4 is 39.9 Å². The minimum absolute atomic E-state index is 0.187. The lowest BCUT2D eigenvalue weighted by Gasteiger charge is -2.06. The molecule has 0 aliphatic carbocycles. The SMILES string of the molecule is O=C(Nc1ccc(I)cc1)c1cc(O)ccc1[N+](=O)[O-]. The summed E-state index contributed by atoms with van der Waals surface area (Å²) in [5.41, 5.74) is -0.0209. The predicted octanol–water partition coefficient (Wildman–Crippen LogP) is 3.16. The Hall–Kier alpha value is -2.16. The van der Waals surface area contributed by atoms with Crippen LogP contribution in [0.25, 0.3) is 0 Å². The van der Waals surface area contributed by atoms with Crippen LogP contribution in [-0.4, -0.2) is 15.9 Å². The molecule has 0 saturated heterocycles. The summed E-state index contributed by atoms with van der Waals surface area (Å²) >= 11 is 2.12. The molecule has 0 atom stereocenters. The Morgan fingerprint density at radius 3 is 2.45 bits per heavy atom. The van der Waals surface area contributed by atoms with E-state index in [1.807, 2.05) is 0 Å². The van der Waals surface area contributed by atoms with E-state index >= 15 is 0 Å². The normalized spacial score (nSPS) is 10.1. The molecule has 0 saturated carbocycles. The molecular formula is C13H9IN2O4. The summed E-state index contributed by atoms with van der Waals surface area (Å²) in [7, 11) is 0. The molecule has 0 aliphatic rings. The molecule has 7 heteroatoms. The lowest BCUT2D eigenvalue weighted by Crippen LogP contribution is -2.13. The van der Waals surface area contributed by atoms with Crippen LogP contribution in [0, 0.1) is 13.7 Å². The van der Waals surface area contributed by atoms with E-state index < -0.39 is 10.8 Å². The van der Waals surface area contributed by atoms with Gasteiger partial charge in [0.25, 0.3) is 11.6 Å². The van der Waals surface area contributed by atoms with Crippen molar-refractivity contribution in [3.8, 4) is 5.75 Å². The first kappa shape index (κ1) is 14.3. The van der Waals surface area contributed by atoms with Gasteiger partial charge in [0.15, 0.2) is 0 Å². The fraction of sp³-hybridized carbons (Fsp3) is 0. The number of halogens is 1. The van der Waals surface area contributed by atoms with Crippen molar-refractivity contribution in [3.63, 3.8) is 0 Å². The first-order chi connectivity index (χ1) is 9.47. The highest BCUT2D eigenvalue weighted by atomic mass is 127. The third kappa shape index (κ3) is 3.23. The van der Waals surface area contributed by atoms with Gasteiger partial charge in [0, 0.05) is 15.3 Å². The molecule has 0 aromatic heterocycles. The second kappa shape index (κ2) is 5.87. The van der Waals surface area contributed by atoms with Crippen LogP contribution in [0.4, 0.5) is 11.4 Å². The van der Waals surface area contributed by atoms with Gasteiger partial charge in [-0.3, -0.25) is 14.9 Å². The highest BCUT2D eigenvalue weighted by molar-refractivity contribution is 14.1. The molecule has 2 aromatic carbocycles. The molecule has 0 fully saturated rings. The first-order valence-corrected chi connectivity index (χ1v) is 6.59. The zero-order chi connectivity index (χ0) is 14.7. The number of phenols is 1. The molecule has 1 amide bonds. The van der Waals surface area contributed by atoms with Crippen molar-refractivity contribution in [2.45, 2.75) is 0 Å². The monoisotopic (exact) mass is 384 g/mol. The van der Waals surface area contributed by atoms with Crippen molar-refractivity contribution in [1.82, 2.24) is 0 Å². The maximum absolute atomic E-state index is 12.0. The summed E-state index contributed by atoms with van der Waals surface area (Å²) in [6.45, 7) is 0.